The Morgan fingerprint density at radius 3 is 1.82 bits per heavy atom. The van der Waals surface area contributed by atoms with Crippen LogP contribution >= 0.6 is 0 Å². The van der Waals surface area contributed by atoms with E-state index in [-0.39, 0.29) is 0 Å². The number of aryl methyl sites for hydroxylation is 1. The zero-order chi connectivity index (χ0) is 13.5. The average molecular weight is 238 g/mol. The fraction of sp³-hybridized carbons (Fsp3) is 0.625. The molecule has 0 radical (unpaired) electrons. The lowest BCUT2D eigenvalue weighted by Crippen LogP contribution is -1.96. The van der Waals surface area contributed by atoms with Gasteiger partial charge >= 0.3 is 0 Å². The van der Waals surface area contributed by atoms with Crippen LogP contribution in [0.15, 0.2) is 24.3 Å². The van der Waals surface area contributed by atoms with Crippen molar-refractivity contribution in [2.75, 3.05) is 6.61 Å². The Morgan fingerprint density at radius 1 is 0.882 bits per heavy atom. The maximum Gasteiger partial charge on any atom is 0.119 e. The van der Waals surface area contributed by atoms with Gasteiger partial charge in [-0.25, -0.2) is 0 Å². The molecule has 0 aliphatic carbocycles. The van der Waals surface area contributed by atoms with Crippen LogP contribution in [0.2, 0.25) is 0 Å². The average Bonchev–Trinajstić information content (AvgIpc) is 2.44. The molecule has 0 spiro atoms. The summed E-state index contributed by atoms with van der Waals surface area (Å²) in [4.78, 5) is 0. The van der Waals surface area contributed by atoms with Gasteiger partial charge in [0.1, 0.15) is 5.75 Å². The van der Waals surface area contributed by atoms with Crippen molar-refractivity contribution in [3.63, 3.8) is 0 Å². The van der Waals surface area contributed by atoms with Crippen LogP contribution in [0.5, 0.6) is 5.75 Å². The molecule has 1 nitrogen and oxygen atoms in total. The van der Waals surface area contributed by atoms with Crippen LogP contribution in [0.3, 0.4) is 0 Å². The molecule has 1 heteroatoms. The third-order valence-electron chi connectivity index (χ3n) is 2.10. The van der Waals surface area contributed by atoms with Crippen LogP contribution in [0, 0.1) is 0 Å². The fourth-order valence-corrected chi connectivity index (χ4v) is 1.16. The first-order valence-corrected chi connectivity index (χ1v) is 7.08. The third kappa shape index (κ3) is 9.92. The molecule has 0 saturated carbocycles. The van der Waals surface area contributed by atoms with E-state index in [1.54, 1.807) is 0 Å². The SMILES string of the molecule is CC.CC.CCCCOc1ccc(CC)cc1. The van der Waals surface area contributed by atoms with Crippen molar-refractivity contribution in [1.82, 2.24) is 0 Å². The predicted octanol–water partition coefficient (Wildman–Crippen LogP) is 5.48. The van der Waals surface area contributed by atoms with Crippen LogP contribution in [-0.4, -0.2) is 6.61 Å². The molecule has 0 aliphatic heterocycles. The van der Waals surface area contributed by atoms with Crippen molar-refractivity contribution in [3.8, 4) is 5.75 Å². The van der Waals surface area contributed by atoms with Crippen molar-refractivity contribution >= 4 is 0 Å². The normalized spacial score (nSPS) is 8.35. The Balaban J connectivity index is 0. The van der Waals surface area contributed by atoms with Gasteiger partial charge in [0.2, 0.25) is 0 Å². The summed E-state index contributed by atoms with van der Waals surface area (Å²) in [6.45, 7) is 13.2. The topological polar surface area (TPSA) is 9.23 Å². The molecule has 1 rings (SSSR count). The van der Waals surface area contributed by atoms with Gasteiger partial charge in [-0.3, -0.25) is 0 Å². The van der Waals surface area contributed by atoms with Gasteiger partial charge in [0.05, 0.1) is 6.61 Å². The maximum absolute atomic E-state index is 5.55. The van der Waals surface area contributed by atoms with Gasteiger partial charge in [0.25, 0.3) is 0 Å². The van der Waals surface area contributed by atoms with Crippen molar-refractivity contribution in [1.29, 1.82) is 0 Å². The molecule has 0 aromatic heterocycles. The quantitative estimate of drug-likeness (QED) is 0.617. The van der Waals surface area contributed by atoms with Crippen LogP contribution in [0.1, 0.15) is 59.9 Å². The summed E-state index contributed by atoms with van der Waals surface area (Å²) in [5, 5.41) is 0. The standard InChI is InChI=1S/C12H18O.2C2H6/c1-3-5-10-13-12-8-6-11(4-2)7-9-12;2*1-2/h6-9H,3-5,10H2,1-2H3;2*1-2H3. The summed E-state index contributed by atoms with van der Waals surface area (Å²) in [5.41, 5.74) is 1.36. The van der Waals surface area contributed by atoms with Crippen LogP contribution in [0.25, 0.3) is 0 Å². The second kappa shape index (κ2) is 15.0. The van der Waals surface area contributed by atoms with E-state index in [1.165, 1.54) is 12.0 Å². The van der Waals surface area contributed by atoms with Crippen molar-refractivity contribution < 1.29 is 4.74 Å². The number of unbranched alkanes of at least 4 members (excludes halogenated alkanes) is 1. The number of ether oxygens (including phenoxy) is 1. The minimum atomic E-state index is 0.835. The second-order valence-corrected chi connectivity index (χ2v) is 3.20. The first-order chi connectivity index (χ1) is 8.36. The highest BCUT2D eigenvalue weighted by atomic mass is 16.5. The minimum Gasteiger partial charge on any atom is -0.494 e. The molecule has 1 aromatic carbocycles. The highest BCUT2D eigenvalue weighted by molar-refractivity contribution is 5.27. The molecule has 0 fully saturated rings. The first-order valence-electron chi connectivity index (χ1n) is 7.08. The smallest absolute Gasteiger partial charge is 0.119 e. The van der Waals surface area contributed by atoms with Crippen molar-refractivity contribution in [2.45, 2.75) is 60.8 Å². The summed E-state index contributed by atoms with van der Waals surface area (Å²) in [7, 11) is 0. The summed E-state index contributed by atoms with van der Waals surface area (Å²) >= 11 is 0. The highest BCUT2D eigenvalue weighted by Crippen LogP contribution is 2.12. The lowest BCUT2D eigenvalue weighted by atomic mass is 10.2. The number of rotatable bonds is 5. The van der Waals surface area contributed by atoms with Crippen LogP contribution in [-0.2, 0) is 6.42 Å². The van der Waals surface area contributed by atoms with Crippen LogP contribution in [0.4, 0.5) is 0 Å². The zero-order valence-corrected chi connectivity index (χ0v) is 12.5. The molecule has 0 atom stereocenters. The van der Waals surface area contributed by atoms with Gasteiger partial charge in [-0.05, 0) is 30.5 Å². The number of hydrogen-bond acceptors (Lipinski definition) is 1. The molecule has 0 heterocycles. The molecule has 0 aliphatic rings. The number of benzene rings is 1. The zero-order valence-electron chi connectivity index (χ0n) is 12.5. The van der Waals surface area contributed by atoms with E-state index in [2.05, 4.69) is 38.1 Å². The largest absolute Gasteiger partial charge is 0.494 e. The Kier molecular flexibility index (Phi) is 16.2. The first kappa shape index (κ1) is 18.4. The van der Waals surface area contributed by atoms with E-state index >= 15 is 0 Å². The number of hydrogen-bond donors (Lipinski definition) is 0. The summed E-state index contributed by atoms with van der Waals surface area (Å²) in [6.07, 6.45) is 3.41. The van der Waals surface area contributed by atoms with Gasteiger partial charge in [-0.15, -0.1) is 0 Å². The van der Waals surface area contributed by atoms with Gasteiger partial charge in [-0.1, -0.05) is 60.1 Å². The molecule has 100 valence electrons. The Hall–Kier alpha value is -0.980. The summed E-state index contributed by atoms with van der Waals surface area (Å²) in [5.74, 6) is 0.991. The predicted molar refractivity (Wildman–Crippen MR) is 78.9 cm³/mol. The molecule has 0 unspecified atom stereocenters. The molecule has 0 amide bonds. The molecule has 17 heavy (non-hydrogen) atoms. The van der Waals surface area contributed by atoms with E-state index in [0.717, 1.165) is 25.2 Å². The summed E-state index contributed by atoms with van der Waals surface area (Å²) in [6, 6.07) is 8.35. The van der Waals surface area contributed by atoms with Gasteiger partial charge in [0, 0.05) is 0 Å². The van der Waals surface area contributed by atoms with E-state index < -0.39 is 0 Å². The van der Waals surface area contributed by atoms with Gasteiger partial charge < -0.3 is 4.74 Å². The molecule has 1 aromatic rings. The Labute approximate surface area is 108 Å². The second-order valence-electron chi connectivity index (χ2n) is 3.20. The maximum atomic E-state index is 5.55. The van der Waals surface area contributed by atoms with Gasteiger partial charge in [-0.2, -0.15) is 0 Å². The van der Waals surface area contributed by atoms with E-state index in [4.69, 9.17) is 4.74 Å². The van der Waals surface area contributed by atoms with Crippen molar-refractivity contribution in [2.24, 2.45) is 0 Å². The summed E-state index contributed by atoms with van der Waals surface area (Å²) < 4.78 is 5.55. The van der Waals surface area contributed by atoms with E-state index in [0.29, 0.717) is 0 Å². The fourth-order valence-electron chi connectivity index (χ4n) is 1.16. The van der Waals surface area contributed by atoms with Gasteiger partial charge in [0.15, 0.2) is 0 Å². The van der Waals surface area contributed by atoms with Crippen LogP contribution < -0.4 is 4.74 Å². The molecular weight excluding hydrogens is 208 g/mol. The Bertz CT molecular complexity index is 226. The lowest BCUT2D eigenvalue weighted by Gasteiger charge is -2.05. The highest BCUT2D eigenvalue weighted by Gasteiger charge is 1.92. The minimum absolute atomic E-state index is 0.835. The van der Waals surface area contributed by atoms with E-state index in [1.807, 2.05) is 27.7 Å². The monoisotopic (exact) mass is 238 g/mol. The third-order valence-corrected chi connectivity index (χ3v) is 2.10. The molecular formula is C16H30O. The molecule has 0 N–H and O–H groups in total. The Morgan fingerprint density at radius 2 is 1.41 bits per heavy atom. The lowest BCUT2D eigenvalue weighted by molar-refractivity contribution is 0.309. The molecule has 0 bridgehead atoms. The van der Waals surface area contributed by atoms with Crippen molar-refractivity contribution in [3.05, 3.63) is 29.8 Å². The molecule has 0 saturated heterocycles. The van der Waals surface area contributed by atoms with E-state index in [9.17, 15) is 0 Å².